The number of anilines is 2. The zero-order valence-electron chi connectivity index (χ0n) is 16.5. The van der Waals surface area contributed by atoms with Gasteiger partial charge in [0.15, 0.2) is 6.61 Å². The van der Waals surface area contributed by atoms with Crippen LogP contribution in [0.2, 0.25) is 5.02 Å². The van der Waals surface area contributed by atoms with Gasteiger partial charge in [0.05, 0.1) is 17.3 Å². The van der Waals surface area contributed by atoms with E-state index in [0.717, 1.165) is 17.0 Å². The van der Waals surface area contributed by atoms with E-state index in [4.69, 9.17) is 21.1 Å². The van der Waals surface area contributed by atoms with Crippen molar-refractivity contribution >= 4 is 28.9 Å². The molecule has 0 atom stereocenters. The van der Waals surface area contributed by atoms with Crippen molar-refractivity contribution in [3.8, 4) is 11.5 Å². The lowest BCUT2D eigenvalue weighted by Crippen LogP contribution is -2.20. The summed E-state index contributed by atoms with van der Waals surface area (Å²) in [5.41, 5.74) is 2.02. The van der Waals surface area contributed by atoms with E-state index >= 15 is 0 Å². The fourth-order valence-corrected chi connectivity index (χ4v) is 2.96. The Morgan fingerprint density at radius 2 is 1.80 bits per heavy atom. The van der Waals surface area contributed by atoms with Crippen molar-refractivity contribution in [1.29, 1.82) is 0 Å². The molecule has 0 heterocycles. The van der Waals surface area contributed by atoms with Crippen LogP contribution in [0.25, 0.3) is 0 Å². The van der Waals surface area contributed by atoms with E-state index in [1.54, 1.807) is 24.3 Å². The molecule has 0 radical (unpaired) electrons. The Morgan fingerprint density at radius 1 is 1.03 bits per heavy atom. The number of nitrogens with one attached hydrogen (secondary N) is 2. The number of halogens is 2. The van der Waals surface area contributed by atoms with Gasteiger partial charge in [-0.2, -0.15) is 0 Å². The van der Waals surface area contributed by atoms with Crippen LogP contribution in [0.3, 0.4) is 0 Å². The van der Waals surface area contributed by atoms with Crippen LogP contribution in [0.4, 0.5) is 15.8 Å². The second-order valence-corrected chi connectivity index (χ2v) is 6.80. The van der Waals surface area contributed by atoms with E-state index in [1.807, 2.05) is 37.3 Å². The number of benzene rings is 3. The lowest BCUT2D eigenvalue weighted by Gasteiger charge is -2.12. The molecule has 0 unspecified atom stereocenters. The van der Waals surface area contributed by atoms with Gasteiger partial charge in [0.1, 0.15) is 17.3 Å². The molecule has 0 aromatic heterocycles. The molecular formula is C23H22ClFN2O3. The van der Waals surface area contributed by atoms with Crippen molar-refractivity contribution in [3.63, 3.8) is 0 Å². The molecule has 1 amide bonds. The Morgan fingerprint density at radius 3 is 2.50 bits per heavy atom. The van der Waals surface area contributed by atoms with Crippen LogP contribution in [-0.2, 0) is 11.3 Å². The molecule has 3 aromatic rings. The summed E-state index contributed by atoms with van der Waals surface area (Å²) in [5.74, 6) is 0.225. The minimum atomic E-state index is -0.506. The van der Waals surface area contributed by atoms with E-state index in [0.29, 0.717) is 23.9 Å². The van der Waals surface area contributed by atoms with Crippen LogP contribution in [-0.4, -0.2) is 19.1 Å². The minimum Gasteiger partial charge on any atom is -0.494 e. The summed E-state index contributed by atoms with van der Waals surface area (Å²) in [7, 11) is 0. The number of amides is 1. The topological polar surface area (TPSA) is 59.6 Å². The molecule has 7 heteroatoms. The fraction of sp³-hybridized carbons (Fsp3) is 0.174. The van der Waals surface area contributed by atoms with Crippen LogP contribution in [0, 0.1) is 5.82 Å². The maximum absolute atomic E-state index is 13.6. The van der Waals surface area contributed by atoms with Crippen molar-refractivity contribution < 1.29 is 18.7 Å². The van der Waals surface area contributed by atoms with Crippen molar-refractivity contribution in [2.75, 3.05) is 23.8 Å². The molecule has 3 aromatic carbocycles. The minimum absolute atomic E-state index is 0.105. The Kier molecular flexibility index (Phi) is 7.51. The molecule has 2 N–H and O–H groups in total. The van der Waals surface area contributed by atoms with Gasteiger partial charge in [-0.15, -0.1) is 0 Å². The maximum atomic E-state index is 13.6. The van der Waals surface area contributed by atoms with Gasteiger partial charge in [0.25, 0.3) is 5.91 Å². The molecule has 0 saturated carbocycles. The predicted molar refractivity (Wildman–Crippen MR) is 117 cm³/mol. The molecule has 0 aliphatic carbocycles. The fourth-order valence-electron chi connectivity index (χ4n) is 2.70. The van der Waals surface area contributed by atoms with Crippen LogP contribution in [0.15, 0.2) is 66.7 Å². The Labute approximate surface area is 179 Å². The van der Waals surface area contributed by atoms with Crippen LogP contribution in [0.5, 0.6) is 11.5 Å². The lowest BCUT2D eigenvalue weighted by molar-refractivity contribution is -0.118. The van der Waals surface area contributed by atoms with Gasteiger partial charge in [0.2, 0.25) is 0 Å². The van der Waals surface area contributed by atoms with Gasteiger partial charge < -0.3 is 20.1 Å². The van der Waals surface area contributed by atoms with Crippen molar-refractivity contribution in [1.82, 2.24) is 0 Å². The number of carbonyl (C=O) groups excluding carboxylic acids is 1. The SMILES string of the molecule is CCOc1ccc(NCc2ccc(OCC(=O)Nc3ccccc3F)c(Cl)c2)cc1. The summed E-state index contributed by atoms with van der Waals surface area (Å²) in [4.78, 5) is 12.0. The van der Waals surface area contributed by atoms with Crippen molar-refractivity contribution in [2.24, 2.45) is 0 Å². The molecule has 0 spiro atoms. The molecular weight excluding hydrogens is 407 g/mol. The van der Waals surface area contributed by atoms with E-state index in [1.165, 1.54) is 12.1 Å². The first kappa shape index (κ1) is 21.5. The first-order valence-corrected chi connectivity index (χ1v) is 9.85. The number of carbonyl (C=O) groups is 1. The molecule has 5 nitrogen and oxygen atoms in total. The van der Waals surface area contributed by atoms with Crippen LogP contribution < -0.4 is 20.1 Å². The normalized spacial score (nSPS) is 10.4. The highest BCUT2D eigenvalue weighted by molar-refractivity contribution is 6.32. The first-order valence-electron chi connectivity index (χ1n) is 9.47. The third kappa shape index (κ3) is 6.12. The standard InChI is InChI=1S/C23H22ClFN2O3/c1-2-29-18-10-8-17(9-11-18)26-14-16-7-12-22(19(24)13-16)30-15-23(28)27-21-6-4-3-5-20(21)25/h3-13,26H,2,14-15H2,1H3,(H,27,28). The first-order chi connectivity index (χ1) is 14.5. The number of para-hydroxylation sites is 1. The molecule has 0 bridgehead atoms. The summed E-state index contributed by atoms with van der Waals surface area (Å²) >= 11 is 6.27. The average Bonchev–Trinajstić information content (AvgIpc) is 2.74. The number of hydrogen-bond donors (Lipinski definition) is 2. The van der Waals surface area contributed by atoms with Crippen molar-refractivity contribution in [2.45, 2.75) is 13.5 Å². The summed E-state index contributed by atoms with van der Waals surface area (Å²) in [6, 6.07) is 19.0. The zero-order valence-corrected chi connectivity index (χ0v) is 17.2. The number of rotatable bonds is 9. The molecule has 0 saturated heterocycles. The largest absolute Gasteiger partial charge is 0.494 e. The molecule has 0 aliphatic rings. The second kappa shape index (κ2) is 10.5. The molecule has 30 heavy (non-hydrogen) atoms. The molecule has 0 fully saturated rings. The van der Waals surface area contributed by atoms with Gasteiger partial charge in [-0.1, -0.05) is 29.8 Å². The van der Waals surface area contributed by atoms with Gasteiger partial charge in [0, 0.05) is 12.2 Å². The number of hydrogen-bond acceptors (Lipinski definition) is 4. The van der Waals surface area contributed by atoms with E-state index < -0.39 is 11.7 Å². The Balaban J connectivity index is 1.51. The predicted octanol–water partition coefficient (Wildman–Crippen LogP) is 5.51. The van der Waals surface area contributed by atoms with Gasteiger partial charge in [-0.3, -0.25) is 4.79 Å². The molecule has 156 valence electrons. The number of ether oxygens (including phenoxy) is 2. The third-order valence-electron chi connectivity index (χ3n) is 4.16. The maximum Gasteiger partial charge on any atom is 0.262 e. The summed E-state index contributed by atoms with van der Waals surface area (Å²) < 4.78 is 24.5. The summed E-state index contributed by atoms with van der Waals surface area (Å²) in [5, 5.41) is 6.15. The molecule has 3 rings (SSSR count). The zero-order chi connectivity index (χ0) is 21.3. The highest BCUT2D eigenvalue weighted by Crippen LogP contribution is 2.26. The van der Waals surface area contributed by atoms with Gasteiger partial charge >= 0.3 is 0 Å². The lowest BCUT2D eigenvalue weighted by atomic mass is 10.2. The van der Waals surface area contributed by atoms with E-state index in [2.05, 4.69) is 10.6 Å². The summed E-state index contributed by atoms with van der Waals surface area (Å²) in [6.45, 7) is 2.86. The average molecular weight is 429 g/mol. The third-order valence-corrected chi connectivity index (χ3v) is 4.46. The smallest absolute Gasteiger partial charge is 0.262 e. The highest BCUT2D eigenvalue weighted by Gasteiger charge is 2.09. The van der Waals surface area contributed by atoms with E-state index in [-0.39, 0.29) is 12.3 Å². The Bertz CT molecular complexity index is 996. The second-order valence-electron chi connectivity index (χ2n) is 6.39. The van der Waals surface area contributed by atoms with Gasteiger partial charge in [-0.05, 0) is 61.0 Å². The van der Waals surface area contributed by atoms with E-state index in [9.17, 15) is 9.18 Å². The Hall–Kier alpha value is -3.25. The summed E-state index contributed by atoms with van der Waals surface area (Å²) in [6.07, 6.45) is 0. The molecule has 0 aliphatic heterocycles. The van der Waals surface area contributed by atoms with Gasteiger partial charge in [-0.25, -0.2) is 4.39 Å². The monoisotopic (exact) mass is 428 g/mol. The van der Waals surface area contributed by atoms with Crippen molar-refractivity contribution in [3.05, 3.63) is 83.1 Å². The van der Waals surface area contributed by atoms with Crippen LogP contribution in [0.1, 0.15) is 12.5 Å². The highest BCUT2D eigenvalue weighted by atomic mass is 35.5. The quantitative estimate of drug-likeness (QED) is 0.472. The van der Waals surface area contributed by atoms with Crippen LogP contribution >= 0.6 is 11.6 Å².